The summed E-state index contributed by atoms with van der Waals surface area (Å²) in [5.41, 5.74) is -1.90. The van der Waals surface area contributed by atoms with Crippen molar-refractivity contribution in [3.05, 3.63) is 82.4 Å². The minimum Gasteiger partial charge on any atom is -0.493 e. The number of carbonyl (C=O) groups excluding carboxylic acids is 1. The van der Waals surface area contributed by atoms with Gasteiger partial charge in [-0.1, -0.05) is 12.1 Å². The van der Waals surface area contributed by atoms with Crippen molar-refractivity contribution < 1.29 is 40.8 Å². The van der Waals surface area contributed by atoms with Crippen LogP contribution in [0.25, 0.3) is 0 Å². The number of nitro benzene ring substituents is 1. The summed E-state index contributed by atoms with van der Waals surface area (Å²) in [6.07, 6.45) is -4.78. The quantitative estimate of drug-likeness (QED) is 0.314. The van der Waals surface area contributed by atoms with Crippen LogP contribution in [-0.2, 0) is 21.0 Å². The van der Waals surface area contributed by atoms with Crippen LogP contribution in [0.2, 0.25) is 0 Å². The first kappa shape index (κ1) is 27.3. The van der Waals surface area contributed by atoms with E-state index in [4.69, 9.17) is 9.47 Å². The summed E-state index contributed by atoms with van der Waals surface area (Å²) < 4.78 is 77.9. The van der Waals surface area contributed by atoms with Crippen LogP contribution in [0.3, 0.4) is 0 Å². The zero-order valence-electron chi connectivity index (χ0n) is 19.4. The van der Waals surface area contributed by atoms with E-state index in [-0.39, 0.29) is 27.8 Å². The number of anilines is 2. The molecule has 0 aliphatic rings. The number of alkyl halides is 3. The van der Waals surface area contributed by atoms with E-state index in [1.807, 2.05) is 0 Å². The van der Waals surface area contributed by atoms with Crippen LogP contribution < -0.4 is 19.1 Å². The first-order chi connectivity index (χ1) is 17.4. The molecule has 196 valence electrons. The summed E-state index contributed by atoms with van der Waals surface area (Å²) in [6.45, 7) is -0.944. The second kappa shape index (κ2) is 10.7. The molecule has 0 fully saturated rings. The third kappa shape index (κ3) is 6.27. The number of benzene rings is 3. The maximum atomic E-state index is 13.6. The number of hydrogen-bond acceptors (Lipinski definition) is 7. The van der Waals surface area contributed by atoms with Gasteiger partial charge < -0.3 is 14.8 Å². The molecule has 0 radical (unpaired) electrons. The van der Waals surface area contributed by atoms with Gasteiger partial charge in [0, 0.05) is 23.9 Å². The molecular weight excluding hydrogens is 519 g/mol. The molecule has 3 rings (SSSR count). The van der Waals surface area contributed by atoms with Gasteiger partial charge in [0.2, 0.25) is 5.91 Å². The fourth-order valence-electron chi connectivity index (χ4n) is 3.28. The molecule has 0 aromatic heterocycles. The summed E-state index contributed by atoms with van der Waals surface area (Å²) in [4.78, 5) is 22.7. The number of rotatable bonds is 9. The van der Waals surface area contributed by atoms with Crippen molar-refractivity contribution in [2.75, 3.05) is 30.4 Å². The highest BCUT2D eigenvalue weighted by Gasteiger charge is 2.33. The van der Waals surface area contributed by atoms with Gasteiger partial charge in [0.05, 0.1) is 35.3 Å². The molecule has 37 heavy (non-hydrogen) atoms. The molecule has 0 saturated carbocycles. The second-order valence-corrected chi connectivity index (χ2v) is 9.29. The van der Waals surface area contributed by atoms with Crippen molar-refractivity contribution in [1.29, 1.82) is 0 Å². The number of methoxy groups -OCH3 is 2. The van der Waals surface area contributed by atoms with Crippen molar-refractivity contribution >= 4 is 33.0 Å². The molecule has 1 amide bonds. The Morgan fingerprint density at radius 3 is 2.30 bits per heavy atom. The predicted octanol–water partition coefficient (Wildman–Crippen LogP) is 4.46. The van der Waals surface area contributed by atoms with E-state index in [1.54, 1.807) is 0 Å². The number of non-ortho nitro benzene ring substituents is 1. The SMILES string of the molecule is COc1ccc(S(=O)(=O)N(CC(=O)Nc2cccc([N+](=O)[O-])c2)c2cccc(C(F)(F)F)c2)cc1OC. The fraction of sp³-hybridized carbons (Fsp3) is 0.174. The average Bonchev–Trinajstić information content (AvgIpc) is 2.86. The normalized spacial score (nSPS) is 11.5. The number of halogens is 3. The number of hydrogen-bond donors (Lipinski definition) is 1. The molecule has 0 aliphatic carbocycles. The molecule has 3 aromatic rings. The molecule has 1 N–H and O–H groups in total. The standard InChI is InChI=1S/C23H20F3N3O7S/c1-35-20-10-9-19(13-21(20)36-2)37(33,34)28(17-7-3-5-15(11-17)23(24,25)26)14-22(30)27-16-6-4-8-18(12-16)29(31)32/h3-13H,14H2,1-2H3,(H,27,30). The summed E-state index contributed by atoms with van der Waals surface area (Å²) in [7, 11) is -2.02. The second-order valence-electron chi connectivity index (χ2n) is 7.43. The topological polar surface area (TPSA) is 128 Å². The van der Waals surface area contributed by atoms with Gasteiger partial charge in [-0.3, -0.25) is 19.2 Å². The lowest BCUT2D eigenvalue weighted by Gasteiger charge is -2.25. The maximum Gasteiger partial charge on any atom is 0.416 e. The Labute approximate surface area is 209 Å². The molecule has 0 atom stereocenters. The number of nitrogens with one attached hydrogen (secondary N) is 1. The largest absolute Gasteiger partial charge is 0.493 e. The number of sulfonamides is 1. The monoisotopic (exact) mass is 539 g/mol. The third-order valence-corrected chi connectivity index (χ3v) is 6.80. The molecule has 0 unspecified atom stereocenters. The molecule has 14 heteroatoms. The van der Waals surface area contributed by atoms with Crippen LogP contribution in [0.5, 0.6) is 11.5 Å². The Kier molecular flexibility index (Phi) is 7.91. The summed E-state index contributed by atoms with van der Waals surface area (Å²) in [5, 5.41) is 13.3. The highest BCUT2D eigenvalue weighted by Crippen LogP contribution is 2.35. The van der Waals surface area contributed by atoms with E-state index < -0.39 is 44.8 Å². The Bertz CT molecular complexity index is 1430. The fourth-order valence-corrected chi connectivity index (χ4v) is 4.71. The van der Waals surface area contributed by atoms with Crippen LogP contribution in [0.4, 0.5) is 30.2 Å². The first-order valence-electron chi connectivity index (χ1n) is 10.3. The minimum atomic E-state index is -4.78. The molecule has 3 aromatic carbocycles. The summed E-state index contributed by atoms with van der Waals surface area (Å²) in [5.74, 6) is -0.717. The molecular formula is C23H20F3N3O7S. The molecule has 0 spiro atoms. The Morgan fingerprint density at radius 2 is 1.68 bits per heavy atom. The van der Waals surface area contributed by atoms with Gasteiger partial charge in [-0.15, -0.1) is 0 Å². The molecule has 10 nitrogen and oxygen atoms in total. The average molecular weight is 539 g/mol. The van der Waals surface area contributed by atoms with Crippen LogP contribution in [0.15, 0.2) is 71.6 Å². The zero-order valence-corrected chi connectivity index (χ0v) is 20.2. The Hall–Kier alpha value is -4.33. The maximum absolute atomic E-state index is 13.6. The summed E-state index contributed by atoms with van der Waals surface area (Å²) in [6, 6.07) is 11.9. The van der Waals surface area contributed by atoms with Crippen molar-refractivity contribution in [2.45, 2.75) is 11.1 Å². The van der Waals surface area contributed by atoms with Gasteiger partial charge in [0.15, 0.2) is 11.5 Å². The van der Waals surface area contributed by atoms with Crippen molar-refractivity contribution in [2.24, 2.45) is 0 Å². The van der Waals surface area contributed by atoms with Crippen molar-refractivity contribution in [3.63, 3.8) is 0 Å². The van der Waals surface area contributed by atoms with Gasteiger partial charge >= 0.3 is 6.18 Å². The van der Waals surface area contributed by atoms with Crippen LogP contribution in [-0.4, -0.2) is 40.0 Å². The van der Waals surface area contributed by atoms with Crippen LogP contribution in [0, 0.1) is 10.1 Å². The summed E-state index contributed by atoms with van der Waals surface area (Å²) >= 11 is 0. The predicted molar refractivity (Wildman–Crippen MR) is 127 cm³/mol. The van der Waals surface area contributed by atoms with Crippen molar-refractivity contribution in [3.8, 4) is 11.5 Å². The van der Waals surface area contributed by atoms with Gasteiger partial charge in [-0.2, -0.15) is 13.2 Å². The van der Waals surface area contributed by atoms with Gasteiger partial charge in [-0.05, 0) is 36.4 Å². The minimum absolute atomic E-state index is 0.00768. The molecule has 0 aliphatic heterocycles. The Balaban J connectivity index is 2.05. The number of nitro groups is 1. The third-order valence-electron chi connectivity index (χ3n) is 5.03. The lowest BCUT2D eigenvalue weighted by molar-refractivity contribution is -0.384. The van der Waals surface area contributed by atoms with E-state index in [0.717, 1.165) is 36.4 Å². The highest BCUT2D eigenvalue weighted by atomic mass is 32.2. The van der Waals surface area contributed by atoms with Crippen LogP contribution in [0.1, 0.15) is 5.56 Å². The Morgan fingerprint density at radius 1 is 1.00 bits per heavy atom. The van der Waals surface area contributed by atoms with Gasteiger partial charge in [-0.25, -0.2) is 8.42 Å². The zero-order chi connectivity index (χ0) is 27.4. The van der Waals surface area contributed by atoms with E-state index in [1.165, 1.54) is 38.5 Å². The number of carbonyl (C=O) groups is 1. The molecule has 0 heterocycles. The lowest BCUT2D eigenvalue weighted by atomic mass is 10.2. The van der Waals surface area contributed by atoms with Crippen LogP contribution >= 0.6 is 0 Å². The lowest BCUT2D eigenvalue weighted by Crippen LogP contribution is -2.38. The number of ether oxygens (including phenoxy) is 2. The van der Waals surface area contributed by atoms with E-state index in [9.17, 15) is 36.5 Å². The highest BCUT2D eigenvalue weighted by molar-refractivity contribution is 7.92. The van der Waals surface area contributed by atoms with E-state index in [0.29, 0.717) is 10.4 Å². The van der Waals surface area contributed by atoms with Gasteiger partial charge in [0.25, 0.3) is 15.7 Å². The number of amides is 1. The molecule has 0 saturated heterocycles. The van der Waals surface area contributed by atoms with Crippen molar-refractivity contribution in [1.82, 2.24) is 0 Å². The van der Waals surface area contributed by atoms with E-state index in [2.05, 4.69) is 5.32 Å². The first-order valence-corrected chi connectivity index (χ1v) is 11.8. The molecule has 0 bridgehead atoms. The smallest absolute Gasteiger partial charge is 0.416 e. The van der Waals surface area contributed by atoms with Gasteiger partial charge in [0.1, 0.15) is 6.54 Å². The van der Waals surface area contributed by atoms with E-state index >= 15 is 0 Å². The number of nitrogens with zero attached hydrogens (tertiary/aromatic N) is 2.